The molecule has 0 bridgehead atoms. The maximum Gasteiger partial charge on any atom is 0.236 e. The average Bonchev–Trinajstić information content (AvgIpc) is 2.66. The van der Waals surface area contributed by atoms with Gasteiger partial charge in [-0.3, -0.25) is 0 Å². The SMILES string of the molecule is CCOc1ccc(-c2nc(CC)c(OC(CC)CC)nc2CC)c(Cl)c1. The van der Waals surface area contributed by atoms with E-state index in [2.05, 4.69) is 27.7 Å². The van der Waals surface area contributed by atoms with Crippen LogP contribution in [0.5, 0.6) is 11.6 Å². The average molecular weight is 377 g/mol. The minimum absolute atomic E-state index is 0.166. The van der Waals surface area contributed by atoms with Crippen LogP contribution < -0.4 is 9.47 Å². The van der Waals surface area contributed by atoms with Crippen LogP contribution in [0.3, 0.4) is 0 Å². The number of aromatic nitrogens is 2. The standard InChI is InChI=1S/C21H29ClN2O2/c1-6-14(7-2)26-21-19(9-4)23-20(18(8-3)24-21)16-12-11-15(25-10-5)13-17(16)22/h11-14H,6-10H2,1-5H3. The second-order valence-corrected chi connectivity index (χ2v) is 6.52. The van der Waals surface area contributed by atoms with Crippen molar-refractivity contribution in [1.29, 1.82) is 0 Å². The molecule has 142 valence electrons. The molecular weight excluding hydrogens is 348 g/mol. The third-order valence-electron chi connectivity index (χ3n) is 4.37. The predicted octanol–water partition coefficient (Wildman–Crippen LogP) is 5.89. The highest BCUT2D eigenvalue weighted by Crippen LogP contribution is 2.34. The number of aryl methyl sites for hydroxylation is 2. The van der Waals surface area contributed by atoms with Crippen LogP contribution in [-0.4, -0.2) is 22.7 Å². The molecule has 0 spiro atoms. The number of benzene rings is 1. The molecule has 26 heavy (non-hydrogen) atoms. The molecule has 0 atom stereocenters. The van der Waals surface area contributed by atoms with Crippen molar-refractivity contribution >= 4 is 11.6 Å². The summed E-state index contributed by atoms with van der Waals surface area (Å²) in [5.74, 6) is 1.42. The lowest BCUT2D eigenvalue weighted by Crippen LogP contribution is -2.17. The van der Waals surface area contributed by atoms with E-state index in [9.17, 15) is 0 Å². The van der Waals surface area contributed by atoms with Crippen LogP contribution in [0.15, 0.2) is 18.2 Å². The second-order valence-electron chi connectivity index (χ2n) is 6.11. The van der Waals surface area contributed by atoms with Crippen LogP contribution in [0.4, 0.5) is 0 Å². The van der Waals surface area contributed by atoms with Crippen molar-refractivity contribution in [3.05, 3.63) is 34.6 Å². The normalized spacial score (nSPS) is 11.0. The maximum atomic E-state index is 6.51. The fourth-order valence-corrected chi connectivity index (χ4v) is 3.09. The molecule has 0 saturated heterocycles. The zero-order valence-corrected chi connectivity index (χ0v) is 17.2. The minimum Gasteiger partial charge on any atom is -0.494 e. The Labute approximate surface area is 161 Å². The molecule has 4 nitrogen and oxygen atoms in total. The first-order valence-corrected chi connectivity index (χ1v) is 9.94. The third-order valence-corrected chi connectivity index (χ3v) is 4.68. The molecule has 0 aliphatic carbocycles. The molecule has 1 heterocycles. The summed E-state index contributed by atoms with van der Waals surface area (Å²) in [5, 5.41) is 0.621. The van der Waals surface area contributed by atoms with E-state index in [1.807, 2.05) is 25.1 Å². The molecule has 0 radical (unpaired) electrons. The van der Waals surface area contributed by atoms with Crippen molar-refractivity contribution in [1.82, 2.24) is 9.97 Å². The lowest BCUT2D eigenvalue weighted by Gasteiger charge is -2.19. The molecule has 0 unspecified atom stereocenters. The van der Waals surface area contributed by atoms with Gasteiger partial charge in [0, 0.05) is 5.56 Å². The maximum absolute atomic E-state index is 6.51. The fraction of sp³-hybridized carbons (Fsp3) is 0.524. The van der Waals surface area contributed by atoms with Crippen LogP contribution in [-0.2, 0) is 12.8 Å². The Morgan fingerprint density at radius 2 is 1.65 bits per heavy atom. The molecule has 1 aromatic carbocycles. The van der Waals surface area contributed by atoms with Crippen LogP contribution in [0, 0.1) is 0 Å². The van der Waals surface area contributed by atoms with E-state index in [-0.39, 0.29) is 6.10 Å². The van der Waals surface area contributed by atoms with Gasteiger partial charge in [0.15, 0.2) is 0 Å². The number of hydrogen-bond donors (Lipinski definition) is 0. The van der Waals surface area contributed by atoms with E-state index in [0.717, 1.165) is 54.1 Å². The van der Waals surface area contributed by atoms with Crippen LogP contribution >= 0.6 is 11.6 Å². The van der Waals surface area contributed by atoms with Gasteiger partial charge in [0.1, 0.15) is 11.4 Å². The number of nitrogens with zero attached hydrogens (tertiary/aromatic N) is 2. The number of halogens is 1. The number of hydrogen-bond acceptors (Lipinski definition) is 4. The summed E-state index contributed by atoms with van der Waals surface area (Å²) in [6, 6.07) is 5.71. The quantitative estimate of drug-likeness (QED) is 0.547. The summed E-state index contributed by atoms with van der Waals surface area (Å²) in [7, 11) is 0. The van der Waals surface area contributed by atoms with Gasteiger partial charge in [-0.15, -0.1) is 0 Å². The first-order chi connectivity index (χ1) is 12.6. The molecule has 1 aromatic heterocycles. The summed E-state index contributed by atoms with van der Waals surface area (Å²) in [6.45, 7) is 11.0. The summed E-state index contributed by atoms with van der Waals surface area (Å²) in [4.78, 5) is 9.68. The summed E-state index contributed by atoms with van der Waals surface area (Å²) < 4.78 is 11.6. The smallest absolute Gasteiger partial charge is 0.236 e. The van der Waals surface area contributed by atoms with Gasteiger partial charge in [-0.25, -0.2) is 9.97 Å². The van der Waals surface area contributed by atoms with Crippen molar-refractivity contribution < 1.29 is 9.47 Å². The van der Waals surface area contributed by atoms with E-state index in [1.165, 1.54) is 0 Å². The highest BCUT2D eigenvalue weighted by atomic mass is 35.5. The Morgan fingerprint density at radius 3 is 2.19 bits per heavy atom. The van der Waals surface area contributed by atoms with Crippen molar-refractivity contribution in [3.8, 4) is 22.9 Å². The van der Waals surface area contributed by atoms with Crippen LogP contribution in [0.2, 0.25) is 5.02 Å². The van der Waals surface area contributed by atoms with Crippen LogP contribution in [0.1, 0.15) is 58.8 Å². The van der Waals surface area contributed by atoms with E-state index < -0.39 is 0 Å². The van der Waals surface area contributed by atoms with E-state index in [4.69, 9.17) is 31.0 Å². The van der Waals surface area contributed by atoms with Crippen LogP contribution in [0.25, 0.3) is 11.3 Å². The Morgan fingerprint density at radius 1 is 0.962 bits per heavy atom. The first-order valence-electron chi connectivity index (χ1n) is 9.56. The number of ether oxygens (including phenoxy) is 2. The molecular formula is C21H29ClN2O2. The zero-order chi connectivity index (χ0) is 19.1. The lowest BCUT2D eigenvalue weighted by molar-refractivity contribution is 0.181. The Hall–Kier alpha value is -1.81. The zero-order valence-electron chi connectivity index (χ0n) is 16.4. The molecule has 0 fully saturated rings. The molecule has 2 aromatic rings. The summed E-state index contributed by atoms with van der Waals surface area (Å²) >= 11 is 6.51. The first kappa shape index (κ1) is 20.5. The third kappa shape index (κ3) is 4.67. The molecule has 5 heteroatoms. The molecule has 0 saturated carbocycles. The van der Waals surface area contributed by atoms with Gasteiger partial charge in [0.05, 0.1) is 29.1 Å². The molecule has 2 rings (SSSR count). The molecule has 0 N–H and O–H groups in total. The van der Waals surface area contributed by atoms with Gasteiger partial charge in [0.25, 0.3) is 0 Å². The van der Waals surface area contributed by atoms with E-state index >= 15 is 0 Å². The van der Waals surface area contributed by atoms with E-state index in [0.29, 0.717) is 17.5 Å². The Kier molecular flexibility index (Phi) is 7.70. The fourth-order valence-electron chi connectivity index (χ4n) is 2.83. The topological polar surface area (TPSA) is 44.2 Å². The molecule has 0 aliphatic rings. The predicted molar refractivity (Wildman–Crippen MR) is 107 cm³/mol. The lowest BCUT2D eigenvalue weighted by atomic mass is 10.1. The monoisotopic (exact) mass is 376 g/mol. The van der Waals surface area contributed by atoms with Gasteiger partial charge in [-0.1, -0.05) is 39.3 Å². The summed E-state index contributed by atoms with van der Waals surface area (Å²) in [5.41, 5.74) is 3.47. The number of rotatable bonds is 9. The van der Waals surface area contributed by atoms with Gasteiger partial charge in [-0.05, 0) is 50.8 Å². The Balaban J connectivity index is 2.49. The second kappa shape index (κ2) is 9.77. The minimum atomic E-state index is 0.166. The largest absolute Gasteiger partial charge is 0.494 e. The van der Waals surface area contributed by atoms with Gasteiger partial charge < -0.3 is 9.47 Å². The van der Waals surface area contributed by atoms with Crippen molar-refractivity contribution in [2.75, 3.05) is 6.61 Å². The highest BCUT2D eigenvalue weighted by Gasteiger charge is 2.18. The van der Waals surface area contributed by atoms with Crippen molar-refractivity contribution in [2.45, 2.75) is 66.4 Å². The van der Waals surface area contributed by atoms with Gasteiger partial charge in [0.2, 0.25) is 5.88 Å². The molecule has 0 aliphatic heterocycles. The van der Waals surface area contributed by atoms with Crippen molar-refractivity contribution in [3.63, 3.8) is 0 Å². The highest BCUT2D eigenvalue weighted by molar-refractivity contribution is 6.33. The van der Waals surface area contributed by atoms with Crippen molar-refractivity contribution in [2.24, 2.45) is 0 Å². The Bertz CT molecular complexity index is 730. The van der Waals surface area contributed by atoms with Gasteiger partial charge in [-0.2, -0.15) is 0 Å². The molecule has 0 amide bonds. The van der Waals surface area contributed by atoms with Gasteiger partial charge >= 0.3 is 0 Å². The summed E-state index contributed by atoms with van der Waals surface area (Å²) in [6.07, 6.45) is 3.59. The van der Waals surface area contributed by atoms with E-state index in [1.54, 1.807) is 0 Å².